The van der Waals surface area contributed by atoms with E-state index >= 15 is 0 Å². The van der Waals surface area contributed by atoms with Crippen molar-refractivity contribution in [1.82, 2.24) is 0 Å². The highest BCUT2D eigenvalue weighted by molar-refractivity contribution is 6.31. The van der Waals surface area contributed by atoms with Crippen molar-refractivity contribution in [2.75, 3.05) is 11.5 Å². The number of nitrogen functional groups attached to an aromatic ring is 2. The second-order valence-electron chi connectivity index (χ2n) is 9.51. The third-order valence-electron chi connectivity index (χ3n) is 6.98. The summed E-state index contributed by atoms with van der Waals surface area (Å²) >= 11 is 12.5. The van der Waals surface area contributed by atoms with Crippen molar-refractivity contribution < 1.29 is 43.1 Å². The largest absolute Gasteiger partial charge is 1.00 e. The van der Waals surface area contributed by atoms with Crippen molar-refractivity contribution in [3.8, 4) is 11.1 Å². The standard InChI is InChI=1S/C32H24Cl2N4.2BrH/c33-25-9-11-27-29(35)13-15-37(31(27)17-25)19-21-1-5-23(6-2-21)24-7-3-22(4-8-24)20-38-16-14-30(36)28-12-10-26(34)18-32(28)38;;/h1-18,35-36H,19-20H2;2*1H. The summed E-state index contributed by atoms with van der Waals surface area (Å²) in [6, 6.07) is 32.8. The fourth-order valence-electron chi connectivity index (χ4n) is 4.93. The minimum Gasteiger partial charge on any atom is -1.00 e. The maximum absolute atomic E-state index is 6.26. The predicted octanol–water partition coefficient (Wildman–Crippen LogP) is 0.811. The molecular formula is C32H26Br2Cl2N4. The molecule has 0 saturated carbocycles. The van der Waals surface area contributed by atoms with Gasteiger partial charge in [0.25, 0.3) is 0 Å². The van der Waals surface area contributed by atoms with E-state index in [0.717, 1.165) is 46.3 Å². The smallest absolute Gasteiger partial charge is 0.216 e. The van der Waals surface area contributed by atoms with Gasteiger partial charge in [-0.3, -0.25) is 0 Å². The predicted molar refractivity (Wildman–Crippen MR) is 157 cm³/mol. The maximum atomic E-state index is 6.26. The molecular weight excluding hydrogens is 671 g/mol. The van der Waals surface area contributed by atoms with Crippen LogP contribution >= 0.6 is 23.2 Å². The molecule has 4 nitrogen and oxygen atoms in total. The first-order valence-electron chi connectivity index (χ1n) is 12.4. The van der Waals surface area contributed by atoms with Gasteiger partial charge in [-0.2, -0.15) is 9.13 Å². The van der Waals surface area contributed by atoms with Crippen LogP contribution in [-0.4, -0.2) is 0 Å². The molecule has 0 radical (unpaired) electrons. The molecule has 202 valence electrons. The highest BCUT2D eigenvalue weighted by atomic mass is 79.9. The third kappa shape index (κ3) is 6.11. The Morgan fingerprint density at radius 1 is 0.500 bits per heavy atom. The molecule has 2 heterocycles. The van der Waals surface area contributed by atoms with Gasteiger partial charge in [-0.15, -0.1) is 0 Å². The van der Waals surface area contributed by atoms with Crippen LogP contribution < -0.4 is 54.6 Å². The molecule has 2 aromatic heterocycles. The van der Waals surface area contributed by atoms with Gasteiger partial charge in [-0.05, 0) is 35.4 Å². The summed E-state index contributed by atoms with van der Waals surface area (Å²) in [7, 11) is 0. The fourth-order valence-corrected chi connectivity index (χ4v) is 5.26. The van der Waals surface area contributed by atoms with Crippen molar-refractivity contribution in [3.63, 3.8) is 0 Å². The van der Waals surface area contributed by atoms with Crippen LogP contribution in [0.15, 0.2) is 109 Å². The van der Waals surface area contributed by atoms with E-state index in [1.807, 2.05) is 60.9 Å². The van der Waals surface area contributed by atoms with Gasteiger partial charge < -0.3 is 45.4 Å². The average Bonchev–Trinajstić information content (AvgIpc) is 2.93. The minimum absolute atomic E-state index is 0. The van der Waals surface area contributed by atoms with E-state index < -0.39 is 0 Å². The lowest BCUT2D eigenvalue weighted by Gasteiger charge is -2.07. The Balaban J connectivity index is 0.00000185. The zero-order valence-corrected chi connectivity index (χ0v) is 26.1. The Hall–Kier alpha value is -3.16. The van der Waals surface area contributed by atoms with E-state index in [9.17, 15) is 0 Å². The molecule has 0 aliphatic heterocycles. The van der Waals surface area contributed by atoms with Crippen LogP contribution in [0.25, 0.3) is 32.9 Å². The molecule has 40 heavy (non-hydrogen) atoms. The quantitative estimate of drug-likeness (QED) is 0.263. The summed E-state index contributed by atoms with van der Waals surface area (Å²) < 4.78 is 4.35. The lowest BCUT2D eigenvalue weighted by Crippen LogP contribution is -3.00. The number of nitrogens with zero attached hydrogens (tertiary/aromatic N) is 2. The summed E-state index contributed by atoms with van der Waals surface area (Å²) in [4.78, 5) is 0. The molecule has 6 aromatic rings. The van der Waals surface area contributed by atoms with Crippen LogP contribution in [-0.2, 0) is 13.1 Å². The first-order valence-corrected chi connectivity index (χ1v) is 13.1. The highest BCUT2D eigenvalue weighted by Crippen LogP contribution is 2.24. The zero-order valence-electron chi connectivity index (χ0n) is 21.4. The Morgan fingerprint density at radius 2 is 0.875 bits per heavy atom. The molecule has 4 N–H and O–H groups in total. The van der Waals surface area contributed by atoms with Crippen LogP contribution in [0.5, 0.6) is 0 Å². The first kappa shape index (κ1) is 29.8. The van der Waals surface area contributed by atoms with Gasteiger partial charge in [0.15, 0.2) is 25.5 Å². The average molecular weight is 697 g/mol. The second kappa shape index (κ2) is 12.6. The number of hydrogen-bond acceptors (Lipinski definition) is 2. The number of halogens is 4. The molecule has 0 atom stereocenters. The molecule has 0 aliphatic carbocycles. The van der Waals surface area contributed by atoms with Gasteiger partial charge in [-0.25, -0.2) is 0 Å². The first-order chi connectivity index (χ1) is 18.4. The number of pyridine rings is 2. The van der Waals surface area contributed by atoms with Crippen LogP contribution in [0.2, 0.25) is 10.0 Å². The molecule has 8 heteroatoms. The number of nitrogens with two attached hydrogens (primary N) is 2. The molecule has 0 bridgehead atoms. The zero-order chi connectivity index (χ0) is 26.2. The topological polar surface area (TPSA) is 59.8 Å². The molecule has 0 aliphatic rings. The number of anilines is 2. The van der Waals surface area contributed by atoms with Crippen molar-refractivity contribution in [3.05, 3.63) is 131 Å². The summed E-state index contributed by atoms with van der Waals surface area (Å²) in [6.07, 6.45) is 4.02. The van der Waals surface area contributed by atoms with E-state index in [0.29, 0.717) is 10.0 Å². The normalized spacial score (nSPS) is 10.8. The molecule has 4 aromatic carbocycles. The van der Waals surface area contributed by atoms with Crippen molar-refractivity contribution in [2.45, 2.75) is 13.1 Å². The van der Waals surface area contributed by atoms with Gasteiger partial charge in [-0.1, -0.05) is 71.7 Å². The summed E-state index contributed by atoms with van der Waals surface area (Å²) in [5.41, 5.74) is 20.6. The second-order valence-corrected chi connectivity index (χ2v) is 10.4. The van der Waals surface area contributed by atoms with Crippen molar-refractivity contribution >= 4 is 56.4 Å². The monoisotopic (exact) mass is 694 g/mol. The minimum atomic E-state index is 0. The lowest BCUT2D eigenvalue weighted by atomic mass is 10.0. The molecule has 0 fully saturated rings. The van der Waals surface area contributed by atoms with Crippen LogP contribution in [0.4, 0.5) is 11.4 Å². The van der Waals surface area contributed by atoms with Gasteiger partial charge >= 0.3 is 0 Å². The summed E-state index contributed by atoms with van der Waals surface area (Å²) in [6.45, 7) is 1.46. The number of fused-ring (bicyclic) bond motifs is 2. The van der Waals surface area contributed by atoms with E-state index in [-0.39, 0.29) is 34.0 Å². The van der Waals surface area contributed by atoms with Gasteiger partial charge in [0.05, 0.1) is 22.1 Å². The number of aromatic nitrogens is 2. The third-order valence-corrected chi connectivity index (χ3v) is 7.45. The molecule has 0 unspecified atom stereocenters. The maximum Gasteiger partial charge on any atom is 0.216 e. The van der Waals surface area contributed by atoms with E-state index in [2.05, 4.69) is 57.7 Å². The van der Waals surface area contributed by atoms with Crippen molar-refractivity contribution in [2.24, 2.45) is 0 Å². The lowest BCUT2D eigenvalue weighted by molar-refractivity contribution is -0.662. The van der Waals surface area contributed by atoms with Gasteiger partial charge in [0, 0.05) is 45.4 Å². The number of benzene rings is 4. The van der Waals surface area contributed by atoms with E-state index in [4.69, 9.17) is 34.7 Å². The Bertz CT molecular complexity index is 1670. The van der Waals surface area contributed by atoms with Crippen LogP contribution in [0.3, 0.4) is 0 Å². The Kier molecular flexibility index (Phi) is 9.37. The van der Waals surface area contributed by atoms with Gasteiger partial charge in [0.2, 0.25) is 11.0 Å². The fraction of sp³-hybridized carbons (Fsp3) is 0.0625. The summed E-state index contributed by atoms with van der Waals surface area (Å²) in [5, 5.41) is 3.40. The number of hydrogen-bond donors (Lipinski definition) is 2. The van der Waals surface area contributed by atoms with E-state index in [1.54, 1.807) is 0 Å². The SMILES string of the molecule is Nc1cc[n+](Cc2ccc(-c3ccc(C[n+]4ccc(N)c5ccc(Cl)cc54)cc3)cc2)c2cc(Cl)ccc12.[Br-].[Br-]. The van der Waals surface area contributed by atoms with Crippen LogP contribution in [0, 0.1) is 0 Å². The molecule has 0 spiro atoms. The number of rotatable bonds is 5. The highest BCUT2D eigenvalue weighted by Gasteiger charge is 2.14. The van der Waals surface area contributed by atoms with Crippen LogP contribution in [0.1, 0.15) is 11.1 Å². The molecule has 6 rings (SSSR count). The molecule has 0 saturated heterocycles. The van der Waals surface area contributed by atoms with Crippen molar-refractivity contribution in [1.29, 1.82) is 0 Å². The Morgan fingerprint density at radius 3 is 1.25 bits per heavy atom. The van der Waals surface area contributed by atoms with E-state index in [1.165, 1.54) is 22.3 Å². The van der Waals surface area contributed by atoms with Gasteiger partial charge in [0.1, 0.15) is 0 Å². The summed E-state index contributed by atoms with van der Waals surface area (Å²) in [5.74, 6) is 0. The Labute approximate surface area is 264 Å². The molecule has 0 amide bonds.